The van der Waals surface area contributed by atoms with Gasteiger partial charge in [0, 0.05) is 0 Å². The molecule has 0 bridgehead atoms. The van der Waals surface area contributed by atoms with Gasteiger partial charge in [0.25, 0.3) is 0 Å². The van der Waals surface area contributed by atoms with Crippen molar-refractivity contribution in [3.8, 4) is 0 Å². The summed E-state index contributed by atoms with van der Waals surface area (Å²) < 4.78 is 4.56. The molecule has 2 unspecified atom stereocenters. The van der Waals surface area contributed by atoms with E-state index in [-0.39, 0.29) is 6.61 Å². The molecular formula is C8H13NO5. The molecule has 0 heterocycles. The Morgan fingerprint density at radius 2 is 2.14 bits per heavy atom. The van der Waals surface area contributed by atoms with Crippen LogP contribution in [0.5, 0.6) is 0 Å². The molecule has 0 rings (SSSR count). The van der Waals surface area contributed by atoms with E-state index < -0.39 is 30.5 Å². The summed E-state index contributed by atoms with van der Waals surface area (Å²) in [5, 5.41) is 17.3. The van der Waals surface area contributed by atoms with Gasteiger partial charge in [0.15, 0.2) is 0 Å². The first-order chi connectivity index (χ1) is 6.49. The first-order valence-electron chi connectivity index (χ1n) is 3.92. The minimum Gasteiger partial charge on any atom is -0.481 e. The fourth-order valence-corrected chi connectivity index (χ4v) is 0.780. The Bertz CT molecular complexity index is 226. The molecule has 0 aliphatic rings. The highest BCUT2D eigenvalue weighted by Crippen LogP contribution is 2.08. The van der Waals surface area contributed by atoms with Crippen molar-refractivity contribution in [1.29, 1.82) is 0 Å². The van der Waals surface area contributed by atoms with Crippen LogP contribution in [0.15, 0.2) is 12.7 Å². The van der Waals surface area contributed by atoms with Crippen LogP contribution in [0.4, 0.5) is 0 Å². The molecule has 0 fully saturated rings. The molecule has 4 N–H and O–H groups in total. The highest BCUT2D eigenvalue weighted by Gasteiger charge is 2.28. The third kappa shape index (κ3) is 4.58. The summed E-state index contributed by atoms with van der Waals surface area (Å²) in [4.78, 5) is 21.4. The van der Waals surface area contributed by atoms with Gasteiger partial charge in [-0.3, -0.25) is 9.59 Å². The van der Waals surface area contributed by atoms with E-state index in [1.165, 1.54) is 6.08 Å². The van der Waals surface area contributed by atoms with Crippen LogP contribution in [0.1, 0.15) is 6.42 Å². The number of carboxylic acids is 1. The number of carbonyl (C=O) groups excluding carboxylic acids is 1. The van der Waals surface area contributed by atoms with Gasteiger partial charge in [0.05, 0.1) is 6.42 Å². The van der Waals surface area contributed by atoms with Crippen LogP contribution in [0.3, 0.4) is 0 Å². The number of hydrogen-bond donors (Lipinski definition) is 3. The zero-order valence-corrected chi connectivity index (χ0v) is 7.55. The van der Waals surface area contributed by atoms with Crippen LogP contribution in [-0.4, -0.2) is 35.0 Å². The van der Waals surface area contributed by atoms with Crippen molar-refractivity contribution in [2.45, 2.75) is 12.6 Å². The van der Waals surface area contributed by atoms with Crippen LogP contribution in [-0.2, 0) is 14.3 Å². The number of carbonyl (C=O) groups is 2. The van der Waals surface area contributed by atoms with Crippen LogP contribution in [0.2, 0.25) is 0 Å². The van der Waals surface area contributed by atoms with Gasteiger partial charge in [-0.05, 0) is 0 Å². The minimum atomic E-state index is -1.54. The monoisotopic (exact) mass is 203 g/mol. The maximum Gasteiger partial charge on any atom is 0.313 e. The fraction of sp³-hybridized carbons (Fsp3) is 0.500. The first kappa shape index (κ1) is 12.6. The van der Waals surface area contributed by atoms with Crippen LogP contribution >= 0.6 is 0 Å². The minimum absolute atomic E-state index is 0.0400. The quantitative estimate of drug-likeness (QED) is 0.292. The van der Waals surface area contributed by atoms with E-state index in [4.69, 9.17) is 15.9 Å². The second-order valence-electron chi connectivity index (χ2n) is 2.61. The van der Waals surface area contributed by atoms with E-state index in [2.05, 4.69) is 11.3 Å². The van der Waals surface area contributed by atoms with Crippen molar-refractivity contribution >= 4 is 11.9 Å². The lowest BCUT2D eigenvalue weighted by molar-refractivity contribution is -0.156. The number of aliphatic hydroxyl groups is 1. The molecule has 6 nitrogen and oxygen atoms in total. The standard InChI is InChI=1S/C8H13NO5/c1-2-3-14-8(13)5(7(9)12)4-6(10)11/h2,5,7,12H,1,3-4,9H2,(H,10,11). The molecule has 0 saturated carbocycles. The zero-order valence-electron chi connectivity index (χ0n) is 7.55. The third-order valence-corrected chi connectivity index (χ3v) is 1.45. The Labute approximate surface area is 81.0 Å². The van der Waals surface area contributed by atoms with Gasteiger partial charge >= 0.3 is 11.9 Å². The second kappa shape index (κ2) is 6.11. The third-order valence-electron chi connectivity index (χ3n) is 1.45. The SMILES string of the molecule is C=CCOC(=O)C(CC(=O)O)C(N)O. The predicted octanol–water partition coefficient (Wildman–Crippen LogP) is -0.916. The number of nitrogens with two attached hydrogens (primary N) is 1. The van der Waals surface area contributed by atoms with E-state index in [1.54, 1.807) is 0 Å². The second-order valence-corrected chi connectivity index (χ2v) is 2.61. The molecule has 0 aromatic heterocycles. The summed E-state index contributed by atoms with van der Waals surface area (Å²) in [6, 6.07) is 0. The van der Waals surface area contributed by atoms with E-state index in [0.717, 1.165) is 0 Å². The van der Waals surface area contributed by atoms with E-state index in [1.807, 2.05) is 0 Å². The number of hydrogen-bond acceptors (Lipinski definition) is 5. The van der Waals surface area contributed by atoms with E-state index >= 15 is 0 Å². The molecule has 2 atom stereocenters. The van der Waals surface area contributed by atoms with Gasteiger partial charge in [0.1, 0.15) is 18.8 Å². The number of aliphatic hydroxyl groups excluding tert-OH is 1. The van der Waals surface area contributed by atoms with Crippen LogP contribution in [0.25, 0.3) is 0 Å². The Morgan fingerprint density at radius 1 is 1.57 bits per heavy atom. The summed E-state index contributed by atoms with van der Waals surface area (Å²) in [5.41, 5.74) is 5.02. The number of carboxylic acid groups (broad SMARTS) is 1. The Balaban J connectivity index is 4.25. The average molecular weight is 203 g/mol. The molecule has 80 valence electrons. The predicted molar refractivity (Wildman–Crippen MR) is 47.1 cm³/mol. The Kier molecular flexibility index (Phi) is 5.50. The molecule has 0 aliphatic carbocycles. The largest absolute Gasteiger partial charge is 0.481 e. The molecular weight excluding hydrogens is 190 g/mol. The molecule has 0 aromatic carbocycles. The van der Waals surface area contributed by atoms with Crippen LogP contribution in [0, 0.1) is 5.92 Å². The lowest BCUT2D eigenvalue weighted by Gasteiger charge is -2.15. The molecule has 0 spiro atoms. The van der Waals surface area contributed by atoms with Crippen molar-refractivity contribution in [2.75, 3.05) is 6.61 Å². The molecule has 6 heteroatoms. The van der Waals surface area contributed by atoms with E-state index in [9.17, 15) is 9.59 Å². The highest BCUT2D eigenvalue weighted by molar-refractivity contribution is 5.79. The number of esters is 1. The summed E-state index contributed by atoms with van der Waals surface area (Å²) in [5.74, 6) is -3.31. The van der Waals surface area contributed by atoms with Gasteiger partial charge in [0.2, 0.25) is 0 Å². The summed E-state index contributed by atoms with van der Waals surface area (Å²) in [7, 11) is 0. The molecule has 0 amide bonds. The molecule has 14 heavy (non-hydrogen) atoms. The Morgan fingerprint density at radius 3 is 2.50 bits per heavy atom. The summed E-state index contributed by atoms with van der Waals surface area (Å²) in [6.07, 6.45) is -0.768. The highest BCUT2D eigenvalue weighted by atomic mass is 16.5. The van der Waals surface area contributed by atoms with Gasteiger partial charge in [-0.15, -0.1) is 0 Å². The topological polar surface area (TPSA) is 110 Å². The number of ether oxygens (including phenoxy) is 1. The Hall–Kier alpha value is -1.40. The van der Waals surface area contributed by atoms with Crippen molar-refractivity contribution in [3.63, 3.8) is 0 Å². The number of rotatable bonds is 6. The lowest BCUT2D eigenvalue weighted by Crippen LogP contribution is -2.37. The zero-order chi connectivity index (χ0) is 11.1. The van der Waals surface area contributed by atoms with Gasteiger partial charge in [-0.2, -0.15) is 0 Å². The molecule has 0 radical (unpaired) electrons. The molecule has 0 aromatic rings. The summed E-state index contributed by atoms with van der Waals surface area (Å²) in [6.45, 7) is 3.27. The van der Waals surface area contributed by atoms with E-state index in [0.29, 0.717) is 0 Å². The lowest BCUT2D eigenvalue weighted by atomic mass is 10.0. The normalized spacial score (nSPS) is 14.1. The van der Waals surface area contributed by atoms with Crippen LogP contribution < -0.4 is 5.73 Å². The van der Waals surface area contributed by atoms with Crippen molar-refractivity contribution in [3.05, 3.63) is 12.7 Å². The molecule has 0 saturated heterocycles. The van der Waals surface area contributed by atoms with Gasteiger partial charge < -0.3 is 20.7 Å². The van der Waals surface area contributed by atoms with Gasteiger partial charge in [-0.25, -0.2) is 0 Å². The maximum atomic E-state index is 11.1. The number of aliphatic carboxylic acids is 1. The average Bonchev–Trinajstić information content (AvgIpc) is 2.09. The maximum absolute atomic E-state index is 11.1. The fourth-order valence-electron chi connectivity index (χ4n) is 0.780. The van der Waals surface area contributed by atoms with Crippen molar-refractivity contribution in [2.24, 2.45) is 11.7 Å². The smallest absolute Gasteiger partial charge is 0.313 e. The molecule has 0 aliphatic heterocycles. The summed E-state index contributed by atoms with van der Waals surface area (Å²) >= 11 is 0. The van der Waals surface area contributed by atoms with Crippen molar-refractivity contribution < 1.29 is 24.5 Å². The van der Waals surface area contributed by atoms with Gasteiger partial charge in [-0.1, -0.05) is 12.7 Å². The first-order valence-corrected chi connectivity index (χ1v) is 3.92. The van der Waals surface area contributed by atoms with Crippen molar-refractivity contribution in [1.82, 2.24) is 0 Å².